The van der Waals surface area contributed by atoms with Gasteiger partial charge in [0.25, 0.3) is 0 Å². The Morgan fingerprint density at radius 3 is 2.26 bits per heavy atom. The van der Waals surface area contributed by atoms with E-state index in [2.05, 4.69) is 21.5 Å². The number of hydrogen-bond acceptors (Lipinski definition) is 6. The van der Waals surface area contributed by atoms with Crippen LogP contribution in [0.1, 0.15) is 13.8 Å². The van der Waals surface area contributed by atoms with Gasteiger partial charge in [0, 0.05) is 0 Å². The summed E-state index contributed by atoms with van der Waals surface area (Å²) in [4.78, 5) is 34.5. The molecular weight excluding hydrogens is 256 g/mol. The number of hydrogen-bond donors (Lipinski definition) is 1. The Hall–Kier alpha value is -2.25. The minimum Gasteiger partial charge on any atom is -0.467 e. The second kappa shape index (κ2) is 8.78. The summed E-state index contributed by atoms with van der Waals surface area (Å²) in [6.45, 7) is 6.77. The van der Waals surface area contributed by atoms with Gasteiger partial charge < -0.3 is 14.2 Å². The van der Waals surface area contributed by atoms with Gasteiger partial charge in [-0.1, -0.05) is 6.08 Å². The lowest BCUT2D eigenvalue weighted by atomic mass is 10.3. The minimum absolute atomic E-state index is 0.0743. The fourth-order valence-corrected chi connectivity index (χ4v) is 1.11. The lowest BCUT2D eigenvalue weighted by molar-refractivity contribution is -0.145. The molecular formula is C11H18N2O6. The van der Waals surface area contributed by atoms with Crippen molar-refractivity contribution >= 4 is 18.2 Å². The Bertz CT molecular complexity index is 344. The SMILES string of the molecule is C=CC(C(=O)OC)N(NC(=O)OCC)C(=O)OCC. The van der Waals surface area contributed by atoms with Crippen molar-refractivity contribution in [1.82, 2.24) is 10.4 Å². The van der Waals surface area contributed by atoms with Gasteiger partial charge in [0.15, 0.2) is 6.04 Å². The first-order valence-corrected chi connectivity index (χ1v) is 5.61. The predicted octanol–water partition coefficient (Wildman–Crippen LogP) is 0.834. The molecule has 8 nitrogen and oxygen atoms in total. The van der Waals surface area contributed by atoms with Crippen molar-refractivity contribution in [1.29, 1.82) is 0 Å². The van der Waals surface area contributed by atoms with Crippen molar-refractivity contribution < 1.29 is 28.6 Å². The van der Waals surface area contributed by atoms with Crippen LogP contribution in [0.25, 0.3) is 0 Å². The van der Waals surface area contributed by atoms with Crippen LogP contribution in [0, 0.1) is 0 Å². The average molecular weight is 274 g/mol. The normalized spacial score (nSPS) is 10.9. The van der Waals surface area contributed by atoms with Gasteiger partial charge in [-0.2, -0.15) is 5.01 Å². The summed E-state index contributed by atoms with van der Waals surface area (Å²) in [5, 5.41) is 0.653. The zero-order valence-electron chi connectivity index (χ0n) is 11.2. The van der Waals surface area contributed by atoms with E-state index in [4.69, 9.17) is 4.74 Å². The van der Waals surface area contributed by atoms with E-state index in [1.165, 1.54) is 0 Å². The fraction of sp³-hybridized carbons (Fsp3) is 0.545. The van der Waals surface area contributed by atoms with Gasteiger partial charge in [-0.15, -0.1) is 6.58 Å². The molecule has 0 saturated carbocycles. The van der Waals surface area contributed by atoms with Crippen molar-refractivity contribution in [3.8, 4) is 0 Å². The number of carbonyl (C=O) groups is 3. The van der Waals surface area contributed by atoms with Gasteiger partial charge in [-0.05, 0) is 13.8 Å². The third-order valence-electron chi connectivity index (χ3n) is 1.90. The first kappa shape index (κ1) is 16.8. The van der Waals surface area contributed by atoms with Crippen LogP contribution in [0.15, 0.2) is 12.7 Å². The topological polar surface area (TPSA) is 94.2 Å². The van der Waals surface area contributed by atoms with E-state index in [-0.39, 0.29) is 13.2 Å². The molecule has 2 amide bonds. The highest BCUT2D eigenvalue weighted by Gasteiger charge is 2.31. The molecule has 0 bridgehead atoms. The molecule has 1 N–H and O–H groups in total. The van der Waals surface area contributed by atoms with E-state index in [9.17, 15) is 14.4 Å². The summed E-state index contributed by atoms with van der Waals surface area (Å²) in [7, 11) is 1.15. The molecule has 0 saturated heterocycles. The van der Waals surface area contributed by atoms with Crippen molar-refractivity contribution in [2.45, 2.75) is 19.9 Å². The molecule has 1 atom stereocenters. The molecule has 0 fully saturated rings. The molecule has 19 heavy (non-hydrogen) atoms. The molecule has 0 aliphatic rings. The van der Waals surface area contributed by atoms with Gasteiger partial charge in [0.2, 0.25) is 0 Å². The summed E-state index contributed by atoms with van der Waals surface area (Å²) < 4.78 is 13.8. The van der Waals surface area contributed by atoms with Gasteiger partial charge in [-0.3, -0.25) is 0 Å². The Kier molecular flexibility index (Phi) is 7.74. The van der Waals surface area contributed by atoms with E-state index < -0.39 is 24.2 Å². The van der Waals surface area contributed by atoms with Gasteiger partial charge in [0.1, 0.15) is 0 Å². The van der Waals surface area contributed by atoms with E-state index >= 15 is 0 Å². The molecule has 0 aromatic carbocycles. The first-order valence-electron chi connectivity index (χ1n) is 5.61. The van der Waals surface area contributed by atoms with Crippen LogP contribution in [-0.2, 0) is 19.0 Å². The lowest BCUT2D eigenvalue weighted by Gasteiger charge is -2.26. The Labute approximate surface area is 111 Å². The Balaban J connectivity index is 5.01. The van der Waals surface area contributed by atoms with Crippen molar-refractivity contribution in [3.63, 3.8) is 0 Å². The number of esters is 1. The molecule has 0 heterocycles. The first-order chi connectivity index (χ1) is 9.01. The number of rotatable bonds is 5. The highest BCUT2D eigenvalue weighted by atomic mass is 16.6. The summed E-state index contributed by atoms with van der Waals surface area (Å²) in [6, 6.07) is -1.21. The van der Waals surface area contributed by atoms with Crippen LogP contribution in [0.2, 0.25) is 0 Å². The average Bonchev–Trinajstić information content (AvgIpc) is 2.38. The zero-order valence-corrected chi connectivity index (χ0v) is 11.2. The molecule has 0 aliphatic heterocycles. The number of methoxy groups -OCH3 is 1. The zero-order chi connectivity index (χ0) is 14.8. The molecule has 8 heteroatoms. The number of hydrazine groups is 1. The minimum atomic E-state index is -1.21. The fourth-order valence-electron chi connectivity index (χ4n) is 1.11. The van der Waals surface area contributed by atoms with Crippen LogP contribution in [0.5, 0.6) is 0 Å². The molecule has 0 aromatic rings. The quantitative estimate of drug-likeness (QED) is 0.345. The third-order valence-corrected chi connectivity index (χ3v) is 1.90. The largest absolute Gasteiger partial charge is 0.467 e. The van der Waals surface area contributed by atoms with Gasteiger partial charge >= 0.3 is 18.2 Å². The van der Waals surface area contributed by atoms with Gasteiger partial charge in [0.05, 0.1) is 20.3 Å². The van der Waals surface area contributed by atoms with Crippen molar-refractivity contribution in [2.24, 2.45) is 0 Å². The molecule has 0 aliphatic carbocycles. The predicted molar refractivity (Wildman–Crippen MR) is 65.0 cm³/mol. The van der Waals surface area contributed by atoms with Crippen LogP contribution in [0.3, 0.4) is 0 Å². The Morgan fingerprint density at radius 1 is 1.26 bits per heavy atom. The molecule has 108 valence electrons. The van der Waals surface area contributed by atoms with Crippen molar-refractivity contribution in [2.75, 3.05) is 20.3 Å². The van der Waals surface area contributed by atoms with E-state index in [0.717, 1.165) is 13.2 Å². The van der Waals surface area contributed by atoms with Gasteiger partial charge in [-0.25, -0.2) is 19.8 Å². The lowest BCUT2D eigenvalue weighted by Crippen LogP contribution is -2.54. The maximum Gasteiger partial charge on any atom is 0.429 e. The van der Waals surface area contributed by atoms with E-state index in [1.807, 2.05) is 0 Å². The number of carbonyl (C=O) groups excluding carboxylic acids is 3. The van der Waals surface area contributed by atoms with Crippen molar-refractivity contribution in [3.05, 3.63) is 12.7 Å². The van der Waals surface area contributed by atoms with E-state index in [1.54, 1.807) is 13.8 Å². The number of nitrogens with zero attached hydrogens (tertiary/aromatic N) is 1. The number of amides is 2. The maximum absolute atomic E-state index is 11.7. The molecule has 0 aromatic heterocycles. The molecule has 0 spiro atoms. The monoisotopic (exact) mass is 274 g/mol. The number of ether oxygens (including phenoxy) is 3. The van der Waals surface area contributed by atoms with Crippen LogP contribution < -0.4 is 5.43 Å². The molecule has 0 radical (unpaired) electrons. The summed E-state index contributed by atoms with van der Waals surface area (Å²) >= 11 is 0. The smallest absolute Gasteiger partial charge is 0.429 e. The molecule has 1 unspecified atom stereocenters. The second-order valence-electron chi connectivity index (χ2n) is 3.10. The third kappa shape index (κ3) is 5.28. The molecule has 0 rings (SSSR count). The highest BCUT2D eigenvalue weighted by Crippen LogP contribution is 2.04. The van der Waals surface area contributed by atoms with Crippen LogP contribution >= 0.6 is 0 Å². The van der Waals surface area contributed by atoms with Crippen LogP contribution in [-0.4, -0.2) is 49.5 Å². The summed E-state index contributed by atoms with van der Waals surface area (Å²) in [5.74, 6) is -0.778. The van der Waals surface area contributed by atoms with E-state index in [0.29, 0.717) is 5.01 Å². The maximum atomic E-state index is 11.7. The highest BCUT2D eigenvalue weighted by molar-refractivity contribution is 5.84. The number of nitrogens with one attached hydrogen (secondary N) is 1. The summed E-state index contributed by atoms with van der Waals surface area (Å²) in [6.07, 6.45) is -0.688. The second-order valence-corrected chi connectivity index (χ2v) is 3.10. The standard InChI is InChI=1S/C11H18N2O6/c1-5-8(9(14)17-4)13(11(16)19-7-3)12-10(15)18-6-2/h5,8H,1,6-7H2,2-4H3,(H,12,15). The summed E-state index contributed by atoms with van der Waals surface area (Å²) in [5.41, 5.74) is 2.09. The Morgan fingerprint density at radius 2 is 1.84 bits per heavy atom. The van der Waals surface area contributed by atoms with Crippen LogP contribution in [0.4, 0.5) is 9.59 Å².